The van der Waals surface area contributed by atoms with E-state index in [-0.39, 0.29) is 11.5 Å². The minimum atomic E-state index is -0.287. The molecule has 0 fully saturated rings. The molecule has 4 heteroatoms. The first-order chi connectivity index (χ1) is 10.4. The second kappa shape index (κ2) is 8.43. The minimum absolute atomic E-state index is 0.168. The van der Waals surface area contributed by atoms with Crippen LogP contribution in [0.1, 0.15) is 50.6 Å². The quantitative estimate of drug-likeness (QED) is 0.475. The Hall–Kier alpha value is -2.02. The molecule has 0 bridgehead atoms. The van der Waals surface area contributed by atoms with Crippen molar-refractivity contribution < 1.29 is 4.79 Å². The highest BCUT2D eigenvalue weighted by Crippen LogP contribution is 2.19. The van der Waals surface area contributed by atoms with Crippen molar-refractivity contribution >= 4 is 12.0 Å². The minimum Gasteiger partial charge on any atom is -0.351 e. The molecule has 0 unspecified atom stereocenters. The summed E-state index contributed by atoms with van der Waals surface area (Å²) < 4.78 is 2.24. The molecule has 0 aromatic carbocycles. The molecule has 0 saturated carbocycles. The van der Waals surface area contributed by atoms with E-state index in [1.807, 2.05) is 19.1 Å². The number of rotatable bonds is 7. The number of hydrogen-bond donors (Lipinski definition) is 1. The van der Waals surface area contributed by atoms with E-state index in [0.717, 1.165) is 36.3 Å². The predicted molar refractivity (Wildman–Crippen MR) is 90.3 cm³/mol. The molecule has 0 aliphatic heterocycles. The van der Waals surface area contributed by atoms with Gasteiger partial charge < -0.3 is 9.88 Å². The molecular formula is C18H27N3O. The van der Waals surface area contributed by atoms with Crippen LogP contribution in [0, 0.1) is 31.1 Å². The van der Waals surface area contributed by atoms with Gasteiger partial charge in [0.05, 0.1) is 0 Å². The van der Waals surface area contributed by atoms with Crippen LogP contribution < -0.4 is 5.32 Å². The smallest absolute Gasteiger partial charge is 0.261 e. The van der Waals surface area contributed by atoms with Gasteiger partial charge in [0.1, 0.15) is 11.6 Å². The fourth-order valence-corrected chi connectivity index (χ4v) is 2.40. The molecule has 1 N–H and O–H groups in total. The predicted octanol–water partition coefficient (Wildman–Crippen LogP) is 3.58. The number of nitrogens with zero attached hydrogens (tertiary/aromatic N) is 2. The van der Waals surface area contributed by atoms with Crippen LogP contribution in [0.4, 0.5) is 0 Å². The van der Waals surface area contributed by atoms with Crippen molar-refractivity contribution in [2.24, 2.45) is 5.92 Å². The molecule has 1 amide bonds. The van der Waals surface area contributed by atoms with E-state index < -0.39 is 0 Å². The Morgan fingerprint density at radius 3 is 2.68 bits per heavy atom. The number of aryl methyl sites for hydroxylation is 1. The van der Waals surface area contributed by atoms with E-state index in [9.17, 15) is 10.1 Å². The summed E-state index contributed by atoms with van der Waals surface area (Å²) in [6, 6.07) is 4.05. The third-order valence-electron chi connectivity index (χ3n) is 3.64. The van der Waals surface area contributed by atoms with Crippen molar-refractivity contribution in [2.75, 3.05) is 6.54 Å². The molecule has 120 valence electrons. The van der Waals surface area contributed by atoms with Crippen LogP contribution in [-0.4, -0.2) is 17.0 Å². The van der Waals surface area contributed by atoms with Crippen LogP contribution in [0.5, 0.6) is 0 Å². The first-order valence-electron chi connectivity index (χ1n) is 7.97. The van der Waals surface area contributed by atoms with Gasteiger partial charge in [0, 0.05) is 24.5 Å². The number of carbonyl (C=O) groups is 1. The molecule has 1 rings (SSSR count). The lowest BCUT2D eigenvalue weighted by atomic mass is 10.1. The van der Waals surface area contributed by atoms with Gasteiger partial charge in [-0.3, -0.25) is 4.79 Å². The van der Waals surface area contributed by atoms with E-state index in [1.165, 1.54) is 0 Å². The number of nitrogens with one attached hydrogen (secondary N) is 1. The summed E-state index contributed by atoms with van der Waals surface area (Å²) in [7, 11) is 0. The summed E-state index contributed by atoms with van der Waals surface area (Å²) in [4.78, 5) is 12.0. The number of nitriles is 1. The highest BCUT2D eigenvalue weighted by molar-refractivity contribution is 6.01. The standard InChI is InChI=1S/C18H27N3O/c1-6-7-8-20-18(22)17(11-19)10-16-9-14(4)21(15(16)5)12-13(2)3/h9-10,13H,6-8,12H2,1-5H3,(H,20,22)/b17-10+. The average molecular weight is 301 g/mol. The van der Waals surface area contributed by atoms with Crippen molar-refractivity contribution in [2.45, 2.75) is 54.0 Å². The number of aromatic nitrogens is 1. The lowest BCUT2D eigenvalue weighted by Gasteiger charge is -2.12. The van der Waals surface area contributed by atoms with E-state index in [0.29, 0.717) is 12.5 Å². The zero-order valence-electron chi connectivity index (χ0n) is 14.4. The molecule has 1 heterocycles. The number of hydrogen-bond acceptors (Lipinski definition) is 2. The van der Waals surface area contributed by atoms with Crippen molar-refractivity contribution in [1.29, 1.82) is 5.26 Å². The topological polar surface area (TPSA) is 57.8 Å². The van der Waals surface area contributed by atoms with E-state index >= 15 is 0 Å². The van der Waals surface area contributed by atoms with Crippen LogP contribution in [-0.2, 0) is 11.3 Å². The van der Waals surface area contributed by atoms with Crippen LogP contribution in [0.25, 0.3) is 6.08 Å². The summed E-state index contributed by atoms with van der Waals surface area (Å²) in [5.41, 5.74) is 3.36. The molecule has 1 aromatic heterocycles. The molecule has 22 heavy (non-hydrogen) atoms. The fraction of sp³-hybridized carbons (Fsp3) is 0.556. The second-order valence-corrected chi connectivity index (χ2v) is 6.11. The van der Waals surface area contributed by atoms with Gasteiger partial charge in [-0.15, -0.1) is 0 Å². The Labute approximate surface area is 133 Å². The van der Waals surface area contributed by atoms with Gasteiger partial charge in [-0.25, -0.2) is 0 Å². The van der Waals surface area contributed by atoms with Crippen molar-refractivity contribution in [3.8, 4) is 6.07 Å². The average Bonchev–Trinajstić information content (AvgIpc) is 2.72. The maximum Gasteiger partial charge on any atom is 0.261 e. The Morgan fingerprint density at radius 2 is 2.14 bits per heavy atom. The molecule has 0 saturated heterocycles. The Bertz CT molecular complexity index is 588. The molecule has 0 spiro atoms. The zero-order chi connectivity index (χ0) is 16.7. The van der Waals surface area contributed by atoms with Gasteiger partial charge in [-0.2, -0.15) is 5.26 Å². The number of carbonyl (C=O) groups excluding carboxylic acids is 1. The largest absolute Gasteiger partial charge is 0.351 e. The molecule has 0 atom stereocenters. The summed E-state index contributed by atoms with van der Waals surface area (Å²) in [6.45, 7) is 12.1. The lowest BCUT2D eigenvalue weighted by Crippen LogP contribution is -2.25. The fourth-order valence-electron chi connectivity index (χ4n) is 2.40. The summed E-state index contributed by atoms with van der Waals surface area (Å²) in [5.74, 6) is 0.263. The molecular weight excluding hydrogens is 274 g/mol. The van der Waals surface area contributed by atoms with Gasteiger partial charge in [-0.05, 0) is 43.9 Å². The molecule has 0 radical (unpaired) electrons. The van der Waals surface area contributed by atoms with Crippen LogP contribution in [0.15, 0.2) is 11.6 Å². The number of amides is 1. The van der Waals surface area contributed by atoms with E-state index in [2.05, 4.69) is 37.6 Å². The lowest BCUT2D eigenvalue weighted by molar-refractivity contribution is -0.117. The molecule has 1 aromatic rings. The van der Waals surface area contributed by atoms with Gasteiger partial charge in [0.2, 0.25) is 0 Å². The van der Waals surface area contributed by atoms with Crippen molar-refractivity contribution in [3.63, 3.8) is 0 Å². The maximum atomic E-state index is 12.0. The van der Waals surface area contributed by atoms with Crippen molar-refractivity contribution in [1.82, 2.24) is 9.88 Å². The summed E-state index contributed by atoms with van der Waals surface area (Å²) in [6.07, 6.45) is 3.63. The van der Waals surface area contributed by atoms with E-state index in [4.69, 9.17) is 0 Å². The molecule has 4 nitrogen and oxygen atoms in total. The molecule has 0 aliphatic rings. The van der Waals surface area contributed by atoms with Crippen molar-refractivity contribution in [3.05, 3.63) is 28.6 Å². The Kier molecular flexibility index (Phi) is 6.91. The Balaban J connectivity index is 2.99. The normalized spacial score (nSPS) is 11.6. The SMILES string of the molecule is CCCCNC(=O)/C(C#N)=C/c1cc(C)n(CC(C)C)c1C. The van der Waals surface area contributed by atoms with Crippen LogP contribution in [0.3, 0.4) is 0 Å². The van der Waals surface area contributed by atoms with Crippen LogP contribution in [0.2, 0.25) is 0 Å². The first-order valence-corrected chi connectivity index (χ1v) is 7.97. The Morgan fingerprint density at radius 1 is 1.45 bits per heavy atom. The van der Waals surface area contributed by atoms with Gasteiger partial charge in [0.15, 0.2) is 0 Å². The monoisotopic (exact) mass is 301 g/mol. The molecule has 0 aliphatic carbocycles. The van der Waals surface area contributed by atoms with E-state index in [1.54, 1.807) is 6.08 Å². The highest BCUT2D eigenvalue weighted by atomic mass is 16.1. The van der Waals surface area contributed by atoms with Crippen LogP contribution >= 0.6 is 0 Å². The summed E-state index contributed by atoms with van der Waals surface area (Å²) in [5, 5.41) is 12.0. The van der Waals surface area contributed by atoms with Gasteiger partial charge in [0.25, 0.3) is 5.91 Å². The second-order valence-electron chi connectivity index (χ2n) is 6.11. The third-order valence-corrected chi connectivity index (χ3v) is 3.64. The summed E-state index contributed by atoms with van der Waals surface area (Å²) >= 11 is 0. The van der Waals surface area contributed by atoms with Gasteiger partial charge in [-0.1, -0.05) is 27.2 Å². The first kappa shape index (κ1) is 18.0. The zero-order valence-corrected chi connectivity index (χ0v) is 14.4. The highest BCUT2D eigenvalue weighted by Gasteiger charge is 2.13. The number of unbranched alkanes of at least 4 members (excludes halogenated alkanes) is 1. The maximum absolute atomic E-state index is 12.0. The third kappa shape index (κ3) is 4.77. The van der Waals surface area contributed by atoms with Gasteiger partial charge >= 0.3 is 0 Å².